The number of aryl methyl sites for hydroxylation is 3. The average molecular weight is 374 g/mol. The minimum Gasteiger partial charge on any atom is -0.507 e. The number of hydrogen-bond donors (Lipinski definition) is 1. The maximum absolute atomic E-state index is 13.2. The van der Waals surface area contributed by atoms with Crippen LogP contribution in [0.3, 0.4) is 0 Å². The summed E-state index contributed by atoms with van der Waals surface area (Å²) in [5.74, 6) is -1.19. The van der Waals surface area contributed by atoms with E-state index in [4.69, 9.17) is 4.74 Å². The minimum absolute atomic E-state index is 0.0359. The number of phenols is 1. The van der Waals surface area contributed by atoms with Crippen molar-refractivity contribution in [1.29, 1.82) is 0 Å². The zero-order valence-electron chi connectivity index (χ0n) is 16.1. The number of carbonyl (C=O) groups is 2. The first-order valence-corrected chi connectivity index (χ1v) is 9.04. The summed E-state index contributed by atoms with van der Waals surface area (Å²) >= 11 is 0. The molecule has 0 fully saturated rings. The number of Topliss-reactive ketones (excluding diaryl/α,β-unsaturated/α-hetero) is 1. The topological polar surface area (TPSA) is 63.6 Å². The number of ketones is 1. The van der Waals surface area contributed by atoms with E-state index in [9.17, 15) is 14.7 Å². The molecule has 142 valence electrons. The van der Waals surface area contributed by atoms with Crippen LogP contribution in [0.25, 0.3) is 0 Å². The molecule has 0 heterocycles. The van der Waals surface area contributed by atoms with Gasteiger partial charge in [-0.3, -0.25) is 4.79 Å². The third-order valence-electron chi connectivity index (χ3n) is 4.81. The predicted molar refractivity (Wildman–Crippen MR) is 108 cm³/mol. The van der Waals surface area contributed by atoms with Crippen LogP contribution in [0.4, 0.5) is 0 Å². The van der Waals surface area contributed by atoms with Crippen LogP contribution in [0.1, 0.15) is 49.1 Å². The van der Waals surface area contributed by atoms with Crippen molar-refractivity contribution in [2.75, 3.05) is 0 Å². The maximum Gasteiger partial charge on any atom is 0.342 e. The van der Waals surface area contributed by atoms with Crippen LogP contribution in [-0.4, -0.2) is 16.9 Å². The molecule has 4 heteroatoms. The van der Waals surface area contributed by atoms with Gasteiger partial charge in [0.2, 0.25) is 5.78 Å². The van der Waals surface area contributed by atoms with Gasteiger partial charge in [0.25, 0.3) is 0 Å². The van der Waals surface area contributed by atoms with Crippen LogP contribution in [0.2, 0.25) is 0 Å². The van der Waals surface area contributed by atoms with Crippen LogP contribution in [-0.2, 0) is 4.74 Å². The fourth-order valence-corrected chi connectivity index (χ4v) is 2.94. The molecule has 0 radical (unpaired) electrons. The second-order valence-corrected chi connectivity index (χ2v) is 6.83. The Labute approximate surface area is 164 Å². The first-order chi connectivity index (χ1) is 13.4. The smallest absolute Gasteiger partial charge is 0.342 e. The standard InChI is InChI=1S/C24H22O4/c1-15-12-13-19(14-17(15)3)22(26)23(18-9-5-4-6-10-18)28-24(27)20-11-7-8-16(2)21(20)25/h4-14,23,25H,1-3H3/t23-/m0/s1. The van der Waals surface area contributed by atoms with Gasteiger partial charge in [-0.05, 0) is 49.6 Å². The van der Waals surface area contributed by atoms with E-state index in [1.54, 1.807) is 55.5 Å². The summed E-state index contributed by atoms with van der Waals surface area (Å²) in [4.78, 5) is 25.9. The molecule has 3 aromatic carbocycles. The summed E-state index contributed by atoms with van der Waals surface area (Å²) in [5, 5.41) is 10.2. The molecule has 0 aliphatic heterocycles. The molecule has 1 N–H and O–H groups in total. The van der Waals surface area contributed by atoms with Crippen molar-refractivity contribution < 1.29 is 19.4 Å². The lowest BCUT2D eigenvalue weighted by Crippen LogP contribution is -2.20. The van der Waals surface area contributed by atoms with Crippen LogP contribution < -0.4 is 0 Å². The largest absolute Gasteiger partial charge is 0.507 e. The van der Waals surface area contributed by atoms with Gasteiger partial charge in [-0.2, -0.15) is 0 Å². The first-order valence-electron chi connectivity index (χ1n) is 9.04. The number of ether oxygens (including phenoxy) is 1. The van der Waals surface area contributed by atoms with Crippen LogP contribution in [0, 0.1) is 20.8 Å². The summed E-state index contributed by atoms with van der Waals surface area (Å²) in [6.45, 7) is 5.60. The van der Waals surface area contributed by atoms with Gasteiger partial charge in [-0.15, -0.1) is 0 Å². The maximum atomic E-state index is 13.2. The lowest BCUT2D eigenvalue weighted by molar-refractivity contribution is 0.0277. The Hall–Kier alpha value is -3.40. The number of esters is 1. The molecule has 1 atom stereocenters. The van der Waals surface area contributed by atoms with E-state index < -0.39 is 12.1 Å². The Kier molecular flexibility index (Phi) is 5.59. The third-order valence-corrected chi connectivity index (χ3v) is 4.81. The molecule has 0 aliphatic rings. The Morgan fingerprint density at radius 2 is 1.54 bits per heavy atom. The average Bonchev–Trinajstić information content (AvgIpc) is 2.70. The number of para-hydroxylation sites is 1. The molecular weight excluding hydrogens is 352 g/mol. The lowest BCUT2D eigenvalue weighted by Gasteiger charge is -2.18. The van der Waals surface area contributed by atoms with Crippen molar-refractivity contribution in [3.05, 3.63) is 100 Å². The molecular formula is C24H22O4. The molecule has 0 aliphatic carbocycles. The molecule has 0 aromatic heterocycles. The van der Waals surface area contributed by atoms with Crippen LogP contribution in [0.5, 0.6) is 5.75 Å². The molecule has 0 bridgehead atoms. The summed E-state index contributed by atoms with van der Waals surface area (Å²) in [7, 11) is 0. The lowest BCUT2D eigenvalue weighted by atomic mass is 9.97. The quantitative estimate of drug-likeness (QED) is 0.499. The Morgan fingerprint density at radius 3 is 2.21 bits per heavy atom. The molecule has 0 amide bonds. The fraction of sp³-hybridized carbons (Fsp3) is 0.167. The summed E-state index contributed by atoms with van der Waals surface area (Å²) in [6, 6.07) is 19.1. The van der Waals surface area contributed by atoms with E-state index in [2.05, 4.69) is 0 Å². The van der Waals surface area contributed by atoms with Crippen molar-refractivity contribution in [2.45, 2.75) is 26.9 Å². The Morgan fingerprint density at radius 1 is 0.821 bits per heavy atom. The number of phenolic OH excluding ortho intramolecular Hbond substituents is 1. The number of hydrogen-bond acceptors (Lipinski definition) is 4. The predicted octanol–water partition coefficient (Wildman–Crippen LogP) is 5.10. The highest BCUT2D eigenvalue weighted by molar-refractivity contribution is 6.02. The number of benzene rings is 3. The van der Waals surface area contributed by atoms with E-state index in [0.717, 1.165) is 11.1 Å². The third kappa shape index (κ3) is 3.96. The van der Waals surface area contributed by atoms with Crippen molar-refractivity contribution in [2.24, 2.45) is 0 Å². The van der Waals surface area contributed by atoms with Crippen molar-refractivity contribution in [3.63, 3.8) is 0 Å². The van der Waals surface area contributed by atoms with Gasteiger partial charge in [0.05, 0.1) is 0 Å². The van der Waals surface area contributed by atoms with Gasteiger partial charge >= 0.3 is 5.97 Å². The Bertz CT molecular complexity index is 1020. The second-order valence-electron chi connectivity index (χ2n) is 6.83. The van der Waals surface area contributed by atoms with E-state index in [1.165, 1.54) is 6.07 Å². The zero-order valence-corrected chi connectivity index (χ0v) is 16.1. The number of rotatable bonds is 5. The Balaban J connectivity index is 1.98. The van der Waals surface area contributed by atoms with E-state index in [-0.39, 0.29) is 17.1 Å². The molecule has 0 spiro atoms. The van der Waals surface area contributed by atoms with Gasteiger partial charge < -0.3 is 9.84 Å². The van der Waals surface area contributed by atoms with E-state index in [1.807, 2.05) is 26.0 Å². The van der Waals surface area contributed by atoms with Gasteiger partial charge in [-0.25, -0.2) is 4.79 Å². The minimum atomic E-state index is -1.10. The highest BCUT2D eigenvalue weighted by Crippen LogP contribution is 2.28. The van der Waals surface area contributed by atoms with E-state index >= 15 is 0 Å². The van der Waals surface area contributed by atoms with E-state index in [0.29, 0.717) is 16.7 Å². The van der Waals surface area contributed by atoms with Gasteiger partial charge in [0.15, 0.2) is 6.10 Å². The molecule has 3 aromatic rings. The van der Waals surface area contributed by atoms with Crippen LogP contribution >= 0.6 is 0 Å². The molecule has 0 saturated carbocycles. The highest BCUT2D eigenvalue weighted by Gasteiger charge is 2.28. The summed E-state index contributed by atoms with van der Waals surface area (Å²) in [5.41, 5.74) is 3.71. The van der Waals surface area contributed by atoms with Crippen molar-refractivity contribution in [3.8, 4) is 5.75 Å². The SMILES string of the molecule is Cc1ccc(C(=O)[C@@H](OC(=O)c2cccc(C)c2O)c2ccccc2)cc1C. The molecule has 0 unspecified atom stereocenters. The molecule has 0 saturated heterocycles. The van der Waals surface area contributed by atoms with Gasteiger partial charge in [-0.1, -0.05) is 54.6 Å². The molecule has 28 heavy (non-hydrogen) atoms. The van der Waals surface area contributed by atoms with Crippen LogP contribution in [0.15, 0.2) is 66.7 Å². The molecule has 3 rings (SSSR count). The number of carbonyl (C=O) groups excluding carboxylic acids is 2. The van der Waals surface area contributed by atoms with Gasteiger partial charge in [0, 0.05) is 11.1 Å². The van der Waals surface area contributed by atoms with Gasteiger partial charge in [0.1, 0.15) is 11.3 Å². The summed E-state index contributed by atoms with van der Waals surface area (Å²) in [6.07, 6.45) is -1.10. The second kappa shape index (κ2) is 8.09. The fourth-order valence-electron chi connectivity index (χ4n) is 2.94. The number of aromatic hydroxyl groups is 1. The van der Waals surface area contributed by atoms with Crippen molar-refractivity contribution in [1.82, 2.24) is 0 Å². The molecule has 4 nitrogen and oxygen atoms in total. The summed E-state index contributed by atoms with van der Waals surface area (Å²) < 4.78 is 5.60. The monoisotopic (exact) mass is 374 g/mol. The zero-order chi connectivity index (χ0) is 20.3. The van der Waals surface area contributed by atoms with Crippen molar-refractivity contribution >= 4 is 11.8 Å². The first kappa shape index (κ1) is 19.4. The highest BCUT2D eigenvalue weighted by atomic mass is 16.5. The normalized spacial score (nSPS) is 11.7.